The Bertz CT molecular complexity index is 1070. The number of fused-ring (bicyclic) bond motifs is 1. The van der Waals surface area contributed by atoms with E-state index in [-0.39, 0.29) is 24.2 Å². The summed E-state index contributed by atoms with van der Waals surface area (Å²) in [5, 5.41) is 7.10. The minimum absolute atomic E-state index is 0.208. The Hall–Kier alpha value is -3.14. The number of methoxy groups -OCH3 is 1. The highest BCUT2D eigenvalue weighted by molar-refractivity contribution is 5.63. The average molecular weight is 405 g/mol. The fourth-order valence-corrected chi connectivity index (χ4v) is 3.43. The quantitative estimate of drug-likeness (QED) is 0.697. The van der Waals surface area contributed by atoms with Gasteiger partial charge in [0, 0.05) is 37.2 Å². The van der Waals surface area contributed by atoms with Crippen molar-refractivity contribution in [3.8, 4) is 17.0 Å². The van der Waals surface area contributed by atoms with Crippen LogP contribution in [0.1, 0.15) is 22.6 Å². The summed E-state index contributed by atoms with van der Waals surface area (Å²) in [6.45, 7) is 1.22. The van der Waals surface area contributed by atoms with Crippen molar-refractivity contribution < 1.29 is 17.9 Å². The number of nitrogens with one attached hydrogen (secondary N) is 2. The van der Waals surface area contributed by atoms with E-state index in [2.05, 4.69) is 15.2 Å². The van der Waals surface area contributed by atoms with Gasteiger partial charge in [-0.25, -0.2) is 4.98 Å². The lowest BCUT2D eigenvalue weighted by atomic mass is 10.0. The second-order valence-corrected chi connectivity index (χ2v) is 6.80. The molecular weight excluding hydrogens is 387 g/mol. The number of hydrogen-bond donors (Lipinski definition) is 2. The molecular formula is C19H18F3N5O2. The smallest absolute Gasteiger partial charge is 0.449 e. The number of hydrogen-bond acceptors (Lipinski definition) is 5. The minimum atomic E-state index is -4.67. The van der Waals surface area contributed by atoms with Crippen LogP contribution in [0.25, 0.3) is 11.3 Å². The van der Waals surface area contributed by atoms with E-state index in [0.717, 1.165) is 22.6 Å². The van der Waals surface area contributed by atoms with Crippen molar-refractivity contribution in [2.75, 3.05) is 13.7 Å². The maximum absolute atomic E-state index is 12.9. The van der Waals surface area contributed by atoms with Gasteiger partial charge in [0.1, 0.15) is 5.75 Å². The Morgan fingerprint density at radius 3 is 2.69 bits per heavy atom. The molecule has 0 saturated carbocycles. The highest BCUT2D eigenvalue weighted by Crippen LogP contribution is 2.28. The van der Waals surface area contributed by atoms with Gasteiger partial charge in [0.2, 0.25) is 5.82 Å². The van der Waals surface area contributed by atoms with E-state index in [1.807, 2.05) is 34.1 Å². The van der Waals surface area contributed by atoms with Crippen LogP contribution >= 0.6 is 0 Å². The molecule has 1 aliphatic rings. The molecule has 0 saturated heterocycles. The lowest BCUT2D eigenvalue weighted by Crippen LogP contribution is -2.36. The number of benzene rings is 1. The summed E-state index contributed by atoms with van der Waals surface area (Å²) in [5.74, 6) is -0.501. The van der Waals surface area contributed by atoms with Crippen LogP contribution in [0.2, 0.25) is 0 Å². The highest BCUT2D eigenvalue weighted by atomic mass is 19.4. The zero-order chi connectivity index (χ0) is 20.6. The second kappa shape index (κ2) is 7.36. The van der Waals surface area contributed by atoms with Crippen molar-refractivity contribution in [3.63, 3.8) is 0 Å². The van der Waals surface area contributed by atoms with Crippen LogP contribution in [0.3, 0.4) is 0 Å². The first kappa shape index (κ1) is 19.2. The molecule has 2 aromatic heterocycles. The normalized spacial score (nSPS) is 14.6. The molecule has 0 radical (unpaired) electrons. The molecule has 1 aromatic carbocycles. The lowest BCUT2D eigenvalue weighted by Gasteiger charge is -2.27. The molecule has 10 heteroatoms. The Morgan fingerprint density at radius 1 is 1.24 bits per heavy atom. The SMILES string of the molecule is COc1ccc(-c2[nH]ncc2CN2CCc3nc(C(F)(F)F)[nH]c(=O)c3C2)cc1. The van der Waals surface area contributed by atoms with Crippen molar-refractivity contribution in [1.29, 1.82) is 0 Å². The van der Waals surface area contributed by atoms with Crippen molar-refractivity contribution in [2.24, 2.45) is 0 Å². The Labute approximate surface area is 163 Å². The molecule has 152 valence electrons. The van der Waals surface area contributed by atoms with E-state index in [1.54, 1.807) is 13.3 Å². The molecule has 7 nitrogen and oxygen atoms in total. The van der Waals surface area contributed by atoms with Crippen LogP contribution < -0.4 is 10.3 Å². The largest absolute Gasteiger partial charge is 0.497 e. The van der Waals surface area contributed by atoms with Gasteiger partial charge in [0.15, 0.2) is 0 Å². The van der Waals surface area contributed by atoms with Crippen molar-refractivity contribution in [2.45, 2.75) is 25.7 Å². The van der Waals surface area contributed by atoms with E-state index in [0.29, 0.717) is 13.1 Å². The Morgan fingerprint density at radius 2 is 2.00 bits per heavy atom. The van der Waals surface area contributed by atoms with Gasteiger partial charge in [-0.2, -0.15) is 18.3 Å². The molecule has 2 N–H and O–H groups in total. The topological polar surface area (TPSA) is 86.9 Å². The van der Waals surface area contributed by atoms with Gasteiger partial charge in [-0.05, 0) is 24.3 Å². The van der Waals surface area contributed by atoms with Crippen LogP contribution in [-0.4, -0.2) is 38.7 Å². The lowest BCUT2D eigenvalue weighted by molar-refractivity contribution is -0.145. The summed E-state index contributed by atoms with van der Waals surface area (Å²) in [7, 11) is 1.60. The first-order valence-electron chi connectivity index (χ1n) is 8.93. The average Bonchev–Trinajstić information content (AvgIpc) is 3.15. The first-order valence-corrected chi connectivity index (χ1v) is 8.93. The summed E-state index contributed by atoms with van der Waals surface area (Å²) < 4.78 is 43.7. The van der Waals surface area contributed by atoms with Gasteiger partial charge in [0.05, 0.1) is 30.3 Å². The minimum Gasteiger partial charge on any atom is -0.497 e. The van der Waals surface area contributed by atoms with Gasteiger partial charge < -0.3 is 9.72 Å². The monoisotopic (exact) mass is 405 g/mol. The summed E-state index contributed by atoms with van der Waals surface area (Å²) in [6, 6.07) is 7.52. The fraction of sp³-hybridized carbons (Fsp3) is 0.316. The van der Waals surface area contributed by atoms with Crippen molar-refractivity contribution in [3.05, 3.63) is 63.5 Å². The highest BCUT2D eigenvalue weighted by Gasteiger charge is 2.36. The molecule has 0 atom stereocenters. The molecule has 0 bridgehead atoms. The van der Waals surface area contributed by atoms with Crippen LogP contribution in [0.5, 0.6) is 5.75 Å². The maximum atomic E-state index is 12.9. The van der Waals surface area contributed by atoms with Gasteiger partial charge in [0.25, 0.3) is 5.56 Å². The van der Waals surface area contributed by atoms with E-state index in [9.17, 15) is 18.0 Å². The van der Waals surface area contributed by atoms with Gasteiger partial charge in [-0.1, -0.05) is 0 Å². The molecule has 0 fully saturated rings. The summed E-state index contributed by atoms with van der Waals surface area (Å²) in [6.07, 6.45) is -2.68. The number of rotatable bonds is 4. The van der Waals surface area contributed by atoms with Crippen LogP contribution in [-0.2, 0) is 25.7 Å². The number of halogens is 3. The number of nitrogens with zero attached hydrogens (tertiary/aromatic N) is 3. The molecule has 0 spiro atoms. The van der Waals surface area contributed by atoms with E-state index in [1.165, 1.54) is 0 Å². The van der Waals surface area contributed by atoms with Crippen LogP contribution in [0.4, 0.5) is 13.2 Å². The van der Waals surface area contributed by atoms with Gasteiger partial charge >= 0.3 is 6.18 Å². The number of aromatic nitrogens is 4. The number of ether oxygens (including phenoxy) is 1. The molecule has 3 heterocycles. The Balaban J connectivity index is 1.55. The third kappa shape index (κ3) is 3.88. The Kier molecular flexibility index (Phi) is 4.87. The third-order valence-electron chi connectivity index (χ3n) is 4.91. The molecule has 3 aromatic rings. The molecule has 29 heavy (non-hydrogen) atoms. The third-order valence-corrected chi connectivity index (χ3v) is 4.91. The summed E-state index contributed by atoms with van der Waals surface area (Å²) in [4.78, 5) is 19.6. The predicted molar refractivity (Wildman–Crippen MR) is 98.3 cm³/mol. The standard InChI is InChI=1S/C19H18F3N5O2/c1-29-13-4-2-11(3-5-13)16-12(8-23-26-16)9-27-7-6-15-14(10-27)17(28)25-18(24-15)19(20,21)22/h2-5,8H,6-7,9-10H2,1H3,(H,23,26)(H,24,25,28). The van der Waals surface area contributed by atoms with E-state index >= 15 is 0 Å². The van der Waals surface area contributed by atoms with Crippen LogP contribution in [0.15, 0.2) is 35.3 Å². The van der Waals surface area contributed by atoms with Crippen LogP contribution in [0, 0.1) is 0 Å². The van der Waals surface area contributed by atoms with E-state index < -0.39 is 17.6 Å². The fourth-order valence-electron chi connectivity index (χ4n) is 3.43. The van der Waals surface area contributed by atoms with Gasteiger partial charge in [-0.3, -0.25) is 14.8 Å². The zero-order valence-corrected chi connectivity index (χ0v) is 15.5. The number of H-pyrrole nitrogens is 2. The molecule has 4 rings (SSSR count). The van der Waals surface area contributed by atoms with Gasteiger partial charge in [-0.15, -0.1) is 0 Å². The van der Waals surface area contributed by atoms with Crippen molar-refractivity contribution >= 4 is 0 Å². The number of alkyl halides is 3. The summed E-state index contributed by atoms with van der Waals surface area (Å²) >= 11 is 0. The van der Waals surface area contributed by atoms with E-state index in [4.69, 9.17) is 4.74 Å². The predicted octanol–water partition coefficient (Wildman–Crippen LogP) is 2.75. The molecule has 1 aliphatic heterocycles. The van der Waals surface area contributed by atoms with Crippen molar-refractivity contribution in [1.82, 2.24) is 25.1 Å². The molecule has 0 amide bonds. The number of aromatic amines is 2. The second-order valence-electron chi connectivity index (χ2n) is 6.80. The molecule has 0 unspecified atom stereocenters. The first-order chi connectivity index (χ1) is 13.8. The zero-order valence-electron chi connectivity index (χ0n) is 15.5. The summed E-state index contributed by atoms with van der Waals surface area (Å²) in [5.41, 5.74) is 2.45. The maximum Gasteiger partial charge on any atom is 0.449 e. The molecule has 0 aliphatic carbocycles.